The average Bonchev–Trinajstić information content (AvgIpc) is 2.05. The number of nitro benzene ring substituents is 1. The Kier molecular flexibility index (Phi) is 2.01. The van der Waals surface area contributed by atoms with Crippen molar-refractivity contribution in [3.05, 3.63) is 46.5 Å². The maximum atomic E-state index is 10.2. The number of nitro groups is 1. The first-order valence-corrected chi connectivity index (χ1v) is 3.02. The van der Waals surface area contributed by atoms with E-state index in [2.05, 4.69) is 12.6 Å². The van der Waals surface area contributed by atoms with Crippen LogP contribution in [0, 0.1) is 16.2 Å². The Bertz CT molecular complexity index is 294. The van der Waals surface area contributed by atoms with Crippen LogP contribution in [-0.4, -0.2) is 4.92 Å². The van der Waals surface area contributed by atoms with Crippen LogP contribution in [0.2, 0.25) is 0 Å². The minimum atomic E-state index is -0.455. The van der Waals surface area contributed by atoms with Crippen molar-refractivity contribution in [2.24, 2.45) is 0 Å². The number of rotatable bonds is 2. The van der Waals surface area contributed by atoms with E-state index < -0.39 is 4.92 Å². The number of hydrogen-bond acceptors (Lipinski definition) is 2. The van der Waals surface area contributed by atoms with E-state index in [-0.39, 0.29) is 5.69 Å². The van der Waals surface area contributed by atoms with Gasteiger partial charge in [0, 0.05) is 12.1 Å². The first-order chi connectivity index (χ1) is 5.24. The van der Waals surface area contributed by atoms with Gasteiger partial charge in [-0.25, -0.2) is 0 Å². The maximum absolute atomic E-state index is 10.2. The Labute approximate surface area is 64.1 Å². The lowest BCUT2D eigenvalue weighted by molar-refractivity contribution is -0.384. The molecule has 0 aliphatic heterocycles. The molecule has 1 aromatic rings. The molecule has 0 atom stereocenters. The zero-order chi connectivity index (χ0) is 8.27. The molecule has 0 aliphatic carbocycles. The summed E-state index contributed by atoms with van der Waals surface area (Å²) in [5.41, 5.74) is 0.751. The van der Waals surface area contributed by atoms with Crippen molar-refractivity contribution >= 4 is 11.8 Å². The lowest BCUT2D eigenvalue weighted by Crippen LogP contribution is -1.87. The molecular formula is C8H6NO2. The maximum Gasteiger partial charge on any atom is 0.270 e. The van der Waals surface area contributed by atoms with E-state index in [1.54, 1.807) is 12.1 Å². The van der Waals surface area contributed by atoms with Gasteiger partial charge in [0.25, 0.3) is 5.69 Å². The third-order valence-corrected chi connectivity index (χ3v) is 1.24. The minimum Gasteiger partial charge on any atom is -0.258 e. The molecule has 0 aliphatic rings. The summed E-state index contributed by atoms with van der Waals surface area (Å²) in [6.45, 7) is 3.49. The molecule has 3 heteroatoms. The van der Waals surface area contributed by atoms with Crippen LogP contribution in [0.4, 0.5) is 5.69 Å². The Morgan fingerprint density at radius 2 is 2.36 bits per heavy atom. The zero-order valence-corrected chi connectivity index (χ0v) is 5.78. The fourth-order valence-electron chi connectivity index (χ4n) is 0.701. The molecule has 11 heavy (non-hydrogen) atoms. The summed E-state index contributed by atoms with van der Waals surface area (Å²) >= 11 is 0. The van der Waals surface area contributed by atoms with Gasteiger partial charge in [-0.05, 0) is 17.7 Å². The van der Waals surface area contributed by atoms with Crippen LogP contribution >= 0.6 is 0 Å². The zero-order valence-electron chi connectivity index (χ0n) is 5.78. The summed E-state index contributed by atoms with van der Waals surface area (Å²) in [4.78, 5) is 9.77. The van der Waals surface area contributed by atoms with Crippen molar-refractivity contribution in [3.63, 3.8) is 0 Å². The predicted octanol–water partition coefficient (Wildman–Crippen LogP) is 2.04. The molecule has 1 aromatic carbocycles. The summed E-state index contributed by atoms with van der Waals surface area (Å²) in [5.74, 6) is 0. The number of nitrogens with zero attached hydrogens (tertiary/aromatic N) is 1. The minimum absolute atomic E-state index is 0.0439. The lowest BCUT2D eigenvalue weighted by Gasteiger charge is -1.91. The lowest BCUT2D eigenvalue weighted by atomic mass is 10.2. The second-order valence-corrected chi connectivity index (χ2v) is 1.99. The van der Waals surface area contributed by atoms with Crippen LogP contribution in [0.25, 0.3) is 6.08 Å². The predicted molar refractivity (Wildman–Crippen MR) is 42.0 cm³/mol. The van der Waals surface area contributed by atoms with Gasteiger partial charge in [-0.2, -0.15) is 0 Å². The Balaban J connectivity index is 3.10. The summed E-state index contributed by atoms with van der Waals surface area (Å²) in [7, 11) is 0. The molecule has 0 saturated carbocycles. The monoisotopic (exact) mass is 148 g/mol. The van der Waals surface area contributed by atoms with Gasteiger partial charge in [0.2, 0.25) is 0 Å². The molecule has 0 bridgehead atoms. The molecular weight excluding hydrogens is 142 g/mol. The first-order valence-electron chi connectivity index (χ1n) is 3.02. The molecule has 0 N–H and O–H groups in total. The molecule has 3 nitrogen and oxygen atoms in total. The van der Waals surface area contributed by atoms with Gasteiger partial charge in [0.05, 0.1) is 4.92 Å². The van der Waals surface area contributed by atoms with Crippen LogP contribution in [0.5, 0.6) is 0 Å². The van der Waals surface area contributed by atoms with Crippen LogP contribution < -0.4 is 0 Å². The Morgan fingerprint density at radius 1 is 1.64 bits per heavy atom. The molecule has 0 aromatic heterocycles. The van der Waals surface area contributed by atoms with Gasteiger partial charge in [0.15, 0.2) is 0 Å². The fourth-order valence-corrected chi connectivity index (χ4v) is 0.701. The van der Waals surface area contributed by atoms with Crippen LogP contribution in [-0.2, 0) is 0 Å². The molecule has 0 spiro atoms. The van der Waals surface area contributed by atoms with Crippen molar-refractivity contribution in [1.29, 1.82) is 0 Å². The third-order valence-electron chi connectivity index (χ3n) is 1.24. The summed E-state index contributed by atoms with van der Waals surface area (Å²) < 4.78 is 0. The molecule has 55 valence electrons. The average molecular weight is 148 g/mol. The van der Waals surface area contributed by atoms with Gasteiger partial charge in [-0.1, -0.05) is 12.7 Å². The summed E-state index contributed by atoms with van der Waals surface area (Å²) in [5, 5.41) is 10.2. The fraction of sp³-hybridized carbons (Fsp3) is 0. The van der Waals surface area contributed by atoms with Gasteiger partial charge in [0.1, 0.15) is 0 Å². The molecule has 1 rings (SSSR count). The van der Waals surface area contributed by atoms with Crippen molar-refractivity contribution in [2.45, 2.75) is 0 Å². The third kappa shape index (κ3) is 1.64. The second-order valence-electron chi connectivity index (χ2n) is 1.99. The number of benzene rings is 1. The normalized spacial score (nSPS) is 9.09. The van der Waals surface area contributed by atoms with E-state index in [1.807, 2.05) is 0 Å². The second kappa shape index (κ2) is 2.96. The van der Waals surface area contributed by atoms with Crippen molar-refractivity contribution in [3.8, 4) is 0 Å². The van der Waals surface area contributed by atoms with E-state index >= 15 is 0 Å². The summed E-state index contributed by atoms with van der Waals surface area (Å²) in [6, 6.07) is 7.06. The van der Waals surface area contributed by atoms with E-state index in [0.717, 1.165) is 0 Å². The van der Waals surface area contributed by atoms with E-state index in [9.17, 15) is 10.1 Å². The van der Waals surface area contributed by atoms with Crippen LogP contribution in [0.15, 0.2) is 24.8 Å². The molecule has 1 radical (unpaired) electrons. The van der Waals surface area contributed by atoms with Gasteiger partial charge in [-0.15, -0.1) is 0 Å². The smallest absolute Gasteiger partial charge is 0.258 e. The quantitative estimate of drug-likeness (QED) is 0.475. The van der Waals surface area contributed by atoms with Crippen molar-refractivity contribution < 1.29 is 4.92 Å². The van der Waals surface area contributed by atoms with E-state index in [1.165, 1.54) is 12.1 Å². The van der Waals surface area contributed by atoms with Gasteiger partial charge < -0.3 is 0 Å². The van der Waals surface area contributed by atoms with E-state index in [0.29, 0.717) is 5.56 Å². The largest absolute Gasteiger partial charge is 0.270 e. The molecule has 0 heterocycles. The molecule has 0 unspecified atom stereocenters. The highest BCUT2D eigenvalue weighted by atomic mass is 16.6. The SMILES string of the molecule is C=Cc1c[c]cc([N+](=O)[O-])c1. The Hall–Kier alpha value is -1.64. The first kappa shape index (κ1) is 7.47. The highest BCUT2D eigenvalue weighted by molar-refractivity contribution is 5.51. The van der Waals surface area contributed by atoms with Crippen LogP contribution in [0.3, 0.4) is 0 Å². The Morgan fingerprint density at radius 3 is 2.91 bits per heavy atom. The van der Waals surface area contributed by atoms with Crippen molar-refractivity contribution in [2.75, 3.05) is 0 Å². The standard InChI is InChI=1S/C8H6NO2/c1-2-7-4-3-5-8(6-7)9(10)11/h2,4-6H,1H2. The molecule has 0 saturated heterocycles. The molecule has 0 amide bonds. The number of hydrogen-bond donors (Lipinski definition) is 0. The molecule has 0 fully saturated rings. The summed E-state index contributed by atoms with van der Waals surface area (Å²) in [6.07, 6.45) is 1.55. The highest BCUT2D eigenvalue weighted by Gasteiger charge is 2.02. The topological polar surface area (TPSA) is 43.1 Å². The van der Waals surface area contributed by atoms with Crippen molar-refractivity contribution in [1.82, 2.24) is 0 Å². The van der Waals surface area contributed by atoms with Crippen LogP contribution in [0.1, 0.15) is 5.56 Å². The number of non-ortho nitro benzene ring substituents is 1. The van der Waals surface area contributed by atoms with E-state index in [4.69, 9.17) is 0 Å². The van der Waals surface area contributed by atoms with Gasteiger partial charge in [-0.3, -0.25) is 10.1 Å². The highest BCUT2D eigenvalue weighted by Crippen LogP contribution is 2.12. The van der Waals surface area contributed by atoms with Gasteiger partial charge >= 0.3 is 0 Å².